The van der Waals surface area contributed by atoms with E-state index in [0.29, 0.717) is 5.82 Å². The Balaban J connectivity index is 1.58. The van der Waals surface area contributed by atoms with Gasteiger partial charge in [-0.3, -0.25) is 4.79 Å². The van der Waals surface area contributed by atoms with Gasteiger partial charge in [0.15, 0.2) is 0 Å². The van der Waals surface area contributed by atoms with Crippen molar-refractivity contribution >= 4 is 39.1 Å². The van der Waals surface area contributed by atoms with Crippen LogP contribution in [0.1, 0.15) is 23.6 Å². The molecule has 1 aliphatic heterocycles. The predicted molar refractivity (Wildman–Crippen MR) is 116 cm³/mol. The summed E-state index contributed by atoms with van der Waals surface area (Å²) in [6, 6.07) is 13.1. The average molecular weight is 507 g/mol. The van der Waals surface area contributed by atoms with Crippen LogP contribution in [0.4, 0.5) is 29.1 Å². The molecule has 1 aliphatic rings. The van der Waals surface area contributed by atoms with Crippen molar-refractivity contribution in [3.63, 3.8) is 0 Å². The van der Waals surface area contributed by atoms with E-state index in [0.717, 1.165) is 22.2 Å². The quantitative estimate of drug-likeness (QED) is 0.445. The van der Waals surface area contributed by atoms with Gasteiger partial charge in [0, 0.05) is 22.8 Å². The van der Waals surface area contributed by atoms with Gasteiger partial charge < -0.3 is 5.32 Å². The van der Waals surface area contributed by atoms with Gasteiger partial charge in [0.05, 0.1) is 11.6 Å². The molecule has 0 fully saturated rings. The number of halogens is 5. The molecule has 0 saturated heterocycles. The van der Waals surface area contributed by atoms with E-state index in [-0.39, 0.29) is 23.6 Å². The molecule has 0 spiro atoms. The number of rotatable bonds is 4. The van der Waals surface area contributed by atoms with Crippen LogP contribution in [0, 0.1) is 5.82 Å². The molecular formula is C22H15BrF4N4O. The van der Waals surface area contributed by atoms with Crippen LogP contribution < -0.4 is 10.3 Å². The topological polar surface area (TPSA) is 57.6 Å². The Kier molecular flexibility index (Phi) is 5.96. The second-order valence-electron chi connectivity index (χ2n) is 7.03. The molecule has 1 aromatic heterocycles. The van der Waals surface area contributed by atoms with Gasteiger partial charge in [-0.1, -0.05) is 12.1 Å². The number of hydrogen-bond donors (Lipinski definition) is 1. The summed E-state index contributed by atoms with van der Waals surface area (Å²) in [6.07, 6.45) is -2.67. The second kappa shape index (κ2) is 8.70. The van der Waals surface area contributed by atoms with Crippen LogP contribution >= 0.6 is 15.9 Å². The summed E-state index contributed by atoms with van der Waals surface area (Å²) in [5.41, 5.74) is 0.308. The van der Waals surface area contributed by atoms with Crippen molar-refractivity contribution in [1.29, 1.82) is 0 Å². The standard InChI is InChI=1S/C22H15BrF4N4O/c23-15-5-10-20(28-12-15)31-19(13-1-6-16(24)7-2-13)11-18(30-31)21(32)29-17-8-3-14(4-9-17)22(25,26)27/h1-10,12,19H,11H2,(H,29,32). The lowest BCUT2D eigenvalue weighted by Gasteiger charge is -2.22. The summed E-state index contributed by atoms with van der Waals surface area (Å²) in [7, 11) is 0. The molecule has 3 aromatic rings. The monoisotopic (exact) mass is 506 g/mol. The highest BCUT2D eigenvalue weighted by Crippen LogP contribution is 2.35. The lowest BCUT2D eigenvalue weighted by atomic mass is 10.0. The minimum Gasteiger partial charge on any atom is -0.321 e. The lowest BCUT2D eigenvalue weighted by molar-refractivity contribution is -0.137. The molecule has 4 rings (SSSR count). The van der Waals surface area contributed by atoms with Gasteiger partial charge in [0.2, 0.25) is 0 Å². The third-order valence-corrected chi connectivity index (χ3v) is 5.31. The number of aromatic nitrogens is 1. The average Bonchev–Trinajstić information content (AvgIpc) is 3.20. The van der Waals surface area contributed by atoms with Gasteiger partial charge in [0.1, 0.15) is 17.3 Å². The van der Waals surface area contributed by atoms with E-state index < -0.39 is 23.7 Å². The Morgan fingerprint density at radius 1 is 1.03 bits per heavy atom. The number of amides is 1. The summed E-state index contributed by atoms with van der Waals surface area (Å²) in [5, 5.41) is 8.55. The minimum atomic E-state index is -4.46. The number of carbonyl (C=O) groups is 1. The van der Waals surface area contributed by atoms with Crippen LogP contribution in [-0.4, -0.2) is 16.6 Å². The Hall–Kier alpha value is -3.27. The lowest BCUT2D eigenvalue weighted by Crippen LogP contribution is -2.22. The van der Waals surface area contributed by atoms with Crippen molar-refractivity contribution in [2.45, 2.75) is 18.6 Å². The number of hydrazone groups is 1. The fourth-order valence-corrected chi connectivity index (χ4v) is 3.49. The molecule has 0 saturated carbocycles. The number of hydrogen-bond acceptors (Lipinski definition) is 4. The Morgan fingerprint density at radius 2 is 1.72 bits per heavy atom. The SMILES string of the molecule is O=C(Nc1ccc(C(F)(F)F)cc1)C1=NN(c2ccc(Br)cn2)C(c2ccc(F)cc2)C1. The molecule has 1 N–H and O–H groups in total. The van der Waals surface area contributed by atoms with Gasteiger partial charge >= 0.3 is 6.18 Å². The zero-order chi connectivity index (χ0) is 22.9. The normalized spacial score (nSPS) is 16.1. The molecule has 2 aromatic carbocycles. The summed E-state index contributed by atoms with van der Waals surface area (Å²) < 4.78 is 52.4. The number of pyridine rings is 1. The van der Waals surface area contributed by atoms with Crippen molar-refractivity contribution in [1.82, 2.24) is 4.98 Å². The van der Waals surface area contributed by atoms with E-state index in [1.807, 2.05) is 0 Å². The van der Waals surface area contributed by atoms with Gasteiger partial charge in [-0.15, -0.1) is 0 Å². The van der Waals surface area contributed by atoms with Crippen LogP contribution in [-0.2, 0) is 11.0 Å². The van der Waals surface area contributed by atoms with Gasteiger partial charge in [-0.25, -0.2) is 14.4 Å². The van der Waals surface area contributed by atoms with E-state index in [1.54, 1.807) is 35.5 Å². The second-order valence-corrected chi connectivity index (χ2v) is 7.94. The Bertz CT molecular complexity index is 1150. The Labute approximate surface area is 188 Å². The minimum absolute atomic E-state index is 0.170. The number of nitrogens with zero attached hydrogens (tertiary/aromatic N) is 3. The first kappa shape index (κ1) is 21.9. The molecule has 1 unspecified atom stereocenters. The van der Waals surface area contributed by atoms with Crippen molar-refractivity contribution in [3.8, 4) is 0 Å². The molecule has 0 aliphatic carbocycles. The van der Waals surface area contributed by atoms with E-state index in [9.17, 15) is 22.4 Å². The molecule has 0 radical (unpaired) electrons. The molecule has 5 nitrogen and oxygen atoms in total. The molecule has 32 heavy (non-hydrogen) atoms. The fourth-order valence-electron chi connectivity index (χ4n) is 3.25. The van der Waals surface area contributed by atoms with Crippen LogP contribution in [0.5, 0.6) is 0 Å². The molecule has 0 bridgehead atoms. The molecule has 164 valence electrons. The maximum absolute atomic E-state index is 13.4. The molecule has 2 heterocycles. The summed E-state index contributed by atoms with van der Waals surface area (Å²) in [6.45, 7) is 0. The highest BCUT2D eigenvalue weighted by atomic mass is 79.9. The summed E-state index contributed by atoms with van der Waals surface area (Å²) >= 11 is 3.32. The van der Waals surface area contributed by atoms with Crippen LogP contribution in [0.25, 0.3) is 0 Å². The molecule has 10 heteroatoms. The number of nitrogens with one attached hydrogen (secondary N) is 1. The van der Waals surface area contributed by atoms with E-state index in [1.165, 1.54) is 24.3 Å². The molecular weight excluding hydrogens is 492 g/mol. The first-order valence-electron chi connectivity index (χ1n) is 9.43. The third-order valence-electron chi connectivity index (χ3n) is 4.84. The largest absolute Gasteiger partial charge is 0.416 e. The third kappa shape index (κ3) is 4.80. The van der Waals surface area contributed by atoms with Gasteiger partial charge in [-0.05, 0) is 70.0 Å². The van der Waals surface area contributed by atoms with Crippen LogP contribution in [0.3, 0.4) is 0 Å². The van der Waals surface area contributed by atoms with Gasteiger partial charge in [-0.2, -0.15) is 18.3 Å². The van der Waals surface area contributed by atoms with Crippen molar-refractivity contribution < 1.29 is 22.4 Å². The summed E-state index contributed by atoms with van der Waals surface area (Å²) in [5.74, 6) is -0.447. The number of benzene rings is 2. The number of alkyl halides is 3. The van der Waals surface area contributed by atoms with Crippen molar-refractivity contribution in [3.05, 3.63) is 88.3 Å². The van der Waals surface area contributed by atoms with Crippen LogP contribution in [0.15, 0.2) is 76.4 Å². The fraction of sp³-hybridized carbons (Fsp3) is 0.136. The number of anilines is 2. The van der Waals surface area contributed by atoms with Crippen LogP contribution in [0.2, 0.25) is 0 Å². The highest BCUT2D eigenvalue weighted by Gasteiger charge is 2.33. The number of carbonyl (C=O) groups excluding carboxylic acids is 1. The van der Waals surface area contributed by atoms with Crippen molar-refractivity contribution in [2.24, 2.45) is 5.10 Å². The predicted octanol–water partition coefficient (Wildman–Crippen LogP) is 5.95. The Morgan fingerprint density at radius 3 is 2.31 bits per heavy atom. The summed E-state index contributed by atoms with van der Waals surface area (Å²) in [4.78, 5) is 17.1. The molecule has 1 amide bonds. The van der Waals surface area contributed by atoms with E-state index in [4.69, 9.17) is 0 Å². The van der Waals surface area contributed by atoms with Crippen molar-refractivity contribution in [2.75, 3.05) is 10.3 Å². The highest BCUT2D eigenvalue weighted by molar-refractivity contribution is 9.10. The first-order chi connectivity index (χ1) is 15.2. The smallest absolute Gasteiger partial charge is 0.321 e. The van der Waals surface area contributed by atoms with E-state index in [2.05, 4.69) is 31.3 Å². The zero-order valence-corrected chi connectivity index (χ0v) is 17.9. The zero-order valence-electron chi connectivity index (χ0n) is 16.3. The first-order valence-corrected chi connectivity index (χ1v) is 10.2. The maximum atomic E-state index is 13.4. The molecule has 1 atom stereocenters. The van der Waals surface area contributed by atoms with E-state index >= 15 is 0 Å². The van der Waals surface area contributed by atoms with Gasteiger partial charge in [0.25, 0.3) is 5.91 Å². The maximum Gasteiger partial charge on any atom is 0.416 e.